The molecule has 8 heteroatoms. The zero-order valence-electron chi connectivity index (χ0n) is 14.4. The van der Waals surface area contributed by atoms with E-state index >= 15 is 0 Å². The highest BCUT2D eigenvalue weighted by molar-refractivity contribution is 7.88. The Bertz CT molecular complexity index is 687. The van der Waals surface area contributed by atoms with Crippen LogP contribution in [-0.4, -0.2) is 50.0 Å². The van der Waals surface area contributed by atoms with Gasteiger partial charge in [0.2, 0.25) is 15.9 Å². The average Bonchev–Trinajstić information content (AvgIpc) is 2.51. The molecule has 134 valence electrons. The highest BCUT2D eigenvalue weighted by atomic mass is 32.2. The molecule has 1 amide bonds. The van der Waals surface area contributed by atoms with Crippen LogP contribution in [0.25, 0.3) is 0 Å². The molecule has 0 saturated heterocycles. The van der Waals surface area contributed by atoms with E-state index in [1.54, 1.807) is 32.0 Å². The largest absolute Gasteiger partial charge is 0.462 e. The Kier molecular flexibility index (Phi) is 7.37. The molecule has 1 unspecified atom stereocenters. The molecule has 0 fully saturated rings. The maximum atomic E-state index is 12.3. The second-order valence-electron chi connectivity index (χ2n) is 5.38. The minimum absolute atomic E-state index is 0.219. The number of ether oxygens (including phenoxy) is 1. The van der Waals surface area contributed by atoms with E-state index in [1.165, 1.54) is 6.07 Å². The van der Waals surface area contributed by atoms with Crippen molar-refractivity contribution in [3.05, 3.63) is 29.8 Å². The zero-order chi connectivity index (χ0) is 18.3. The fraction of sp³-hybridized carbons (Fsp3) is 0.500. The van der Waals surface area contributed by atoms with Gasteiger partial charge in [-0.3, -0.25) is 4.79 Å². The molecule has 0 saturated carbocycles. The number of sulfonamides is 1. The third-order valence-electron chi connectivity index (χ3n) is 3.50. The molecule has 1 aromatic carbocycles. The number of hydrogen-bond donors (Lipinski definition) is 1. The highest BCUT2D eigenvalue weighted by Crippen LogP contribution is 2.17. The first kappa shape index (κ1) is 20.1. The molecule has 0 aliphatic carbocycles. The summed E-state index contributed by atoms with van der Waals surface area (Å²) < 4.78 is 29.8. The maximum Gasteiger partial charge on any atom is 0.340 e. The summed E-state index contributed by atoms with van der Waals surface area (Å²) >= 11 is 0. The first-order chi connectivity index (χ1) is 11.2. The highest BCUT2D eigenvalue weighted by Gasteiger charge is 2.25. The lowest BCUT2D eigenvalue weighted by Crippen LogP contribution is -2.42. The van der Waals surface area contributed by atoms with Crippen molar-refractivity contribution < 1.29 is 22.7 Å². The van der Waals surface area contributed by atoms with Gasteiger partial charge in [-0.2, -0.15) is 4.31 Å². The van der Waals surface area contributed by atoms with Crippen molar-refractivity contribution in [2.45, 2.75) is 33.2 Å². The van der Waals surface area contributed by atoms with Gasteiger partial charge in [-0.1, -0.05) is 19.1 Å². The van der Waals surface area contributed by atoms with E-state index in [9.17, 15) is 18.0 Å². The molecule has 0 aromatic heterocycles. The minimum Gasteiger partial charge on any atom is -0.462 e. The number of rotatable bonds is 8. The van der Waals surface area contributed by atoms with Crippen LogP contribution in [0, 0.1) is 0 Å². The molecule has 1 rings (SSSR count). The van der Waals surface area contributed by atoms with Gasteiger partial charge in [0.25, 0.3) is 0 Å². The van der Waals surface area contributed by atoms with Gasteiger partial charge in [-0.15, -0.1) is 0 Å². The summed E-state index contributed by atoms with van der Waals surface area (Å²) in [5, 5.41) is 2.59. The van der Waals surface area contributed by atoms with Crippen molar-refractivity contribution in [3.63, 3.8) is 0 Å². The van der Waals surface area contributed by atoms with E-state index in [2.05, 4.69) is 5.32 Å². The smallest absolute Gasteiger partial charge is 0.340 e. The lowest BCUT2D eigenvalue weighted by molar-refractivity contribution is -0.116. The van der Waals surface area contributed by atoms with Crippen LogP contribution < -0.4 is 5.32 Å². The molecule has 0 spiro atoms. The Balaban J connectivity index is 2.94. The van der Waals surface area contributed by atoms with Crippen molar-refractivity contribution in [1.82, 2.24) is 4.31 Å². The van der Waals surface area contributed by atoms with Crippen molar-refractivity contribution in [1.29, 1.82) is 0 Å². The monoisotopic (exact) mass is 356 g/mol. The van der Waals surface area contributed by atoms with E-state index in [-0.39, 0.29) is 24.8 Å². The summed E-state index contributed by atoms with van der Waals surface area (Å²) in [4.78, 5) is 24.2. The van der Waals surface area contributed by atoms with Gasteiger partial charge in [0.15, 0.2) is 0 Å². The molecule has 0 bridgehead atoms. The Morgan fingerprint density at radius 1 is 1.25 bits per heavy atom. The Morgan fingerprint density at radius 2 is 1.88 bits per heavy atom. The molecule has 1 aromatic rings. The summed E-state index contributed by atoms with van der Waals surface area (Å²) in [5.41, 5.74) is 0.515. The van der Waals surface area contributed by atoms with Crippen LogP contribution in [0.5, 0.6) is 0 Å². The van der Waals surface area contributed by atoms with Crippen molar-refractivity contribution in [2.75, 3.05) is 24.7 Å². The average molecular weight is 356 g/mol. The predicted octanol–water partition coefficient (Wildman–Crippen LogP) is 1.86. The lowest BCUT2D eigenvalue weighted by atomic mass is 10.2. The first-order valence-electron chi connectivity index (χ1n) is 7.73. The molecular formula is C16H24N2O5S. The van der Waals surface area contributed by atoms with Crippen molar-refractivity contribution >= 4 is 27.6 Å². The summed E-state index contributed by atoms with van der Waals surface area (Å²) in [7, 11) is -3.52. The van der Waals surface area contributed by atoms with Crippen LogP contribution in [0.1, 0.15) is 37.6 Å². The van der Waals surface area contributed by atoms with E-state index in [0.717, 1.165) is 10.6 Å². The molecule has 24 heavy (non-hydrogen) atoms. The molecule has 1 N–H and O–H groups in total. The van der Waals surface area contributed by atoms with Crippen LogP contribution in [-0.2, 0) is 19.6 Å². The van der Waals surface area contributed by atoms with Crippen LogP contribution in [0.4, 0.5) is 5.69 Å². The molecular weight excluding hydrogens is 332 g/mol. The number of nitrogens with one attached hydrogen (secondary N) is 1. The van der Waals surface area contributed by atoms with Crippen LogP contribution >= 0.6 is 0 Å². The van der Waals surface area contributed by atoms with E-state index in [0.29, 0.717) is 12.1 Å². The summed E-state index contributed by atoms with van der Waals surface area (Å²) in [6.07, 6.45) is 1.65. The number of nitrogens with zero attached hydrogens (tertiary/aromatic N) is 1. The topological polar surface area (TPSA) is 92.8 Å². The minimum atomic E-state index is -3.52. The Morgan fingerprint density at radius 3 is 2.42 bits per heavy atom. The van der Waals surface area contributed by atoms with Gasteiger partial charge in [-0.05, 0) is 32.4 Å². The fourth-order valence-electron chi connectivity index (χ4n) is 2.11. The van der Waals surface area contributed by atoms with Gasteiger partial charge < -0.3 is 10.1 Å². The molecule has 1 atom stereocenters. The normalized spacial score (nSPS) is 12.7. The standard InChI is InChI=1S/C16H24N2O5S/c1-5-12(3)18(24(4,21)22)11-15(19)17-14-10-8-7-9-13(14)16(20)23-6-2/h7-10,12H,5-6,11H2,1-4H3,(H,17,19). The summed E-state index contributed by atoms with van der Waals surface area (Å²) in [5.74, 6) is -1.06. The van der Waals surface area contributed by atoms with Gasteiger partial charge >= 0.3 is 5.97 Å². The van der Waals surface area contributed by atoms with Crippen LogP contribution in [0.15, 0.2) is 24.3 Å². The van der Waals surface area contributed by atoms with Gasteiger partial charge in [-0.25, -0.2) is 13.2 Å². The van der Waals surface area contributed by atoms with Gasteiger partial charge in [0, 0.05) is 6.04 Å². The molecule has 0 aliphatic heterocycles. The van der Waals surface area contributed by atoms with Crippen molar-refractivity contribution in [2.24, 2.45) is 0 Å². The number of esters is 1. The summed E-state index contributed by atoms with van der Waals surface area (Å²) in [6.45, 7) is 5.18. The van der Waals surface area contributed by atoms with Gasteiger partial charge in [0.1, 0.15) is 0 Å². The number of hydrogen-bond acceptors (Lipinski definition) is 5. The van der Waals surface area contributed by atoms with Crippen LogP contribution in [0.3, 0.4) is 0 Å². The van der Waals surface area contributed by atoms with E-state index in [1.807, 2.05) is 6.92 Å². The number of amides is 1. The van der Waals surface area contributed by atoms with Gasteiger partial charge in [0.05, 0.1) is 30.7 Å². The third-order valence-corrected chi connectivity index (χ3v) is 4.85. The lowest BCUT2D eigenvalue weighted by Gasteiger charge is -2.25. The van der Waals surface area contributed by atoms with E-state index in [4.69, 9.17) is 4.74 Å². The van der Waals surface area contributed by atoms with E-state index < -0.39 is 21.9 Å². The number of carbonyl (C=O) groups excluding carboxylic acids is 2. The molecule has 0 heterocycles. The SMILES string of the molecule is CCOC(=O)c1ccccc1NC(=O)CN(C(C)CC)S(C)(=O)=O. The van der Waals surface area contributed by atoms with Crippen LogP contribution in [0.2, 0.25) is 0 Å². The number of benzene rings is 1. The summed E-state index contributed by atoms with van der Waals surface area (Å²) in [6, 6.07) is 6.13. The third kappa shape index (κ3) is 5.61. The first-order valence-corrected chi connectivity index (χ1v) is 9.58. The number of carbonyl (C=O) groups is 2. The Labute approximate surface area is 143 Å². The number of para-hydroxylation sites is 1. The second-order valence-corrected chi connectivity index (χ2v) is 7.31. The second kappa shape index (κ2) is 8.79. The fourth-order valence-corrected chi connectivity index (χ4v) is 3.27. The quantitative estimate of drug-likeness (QED) is 0.718. The molecule has 0 radical (unpaired) electrons. The maximum absolute atomic E-state index is 12.3. The molecule has 0 aliphatic rings. The zero-order valence-corrected chi connectivity index (χ0v) is 15.2. The number of anilines is 1. The predicted molar refractivity (Wildman–Crippen MR) is 92.3 cm³/mol. The van der Waals surface area contributed by atoms with Crippen molar-refractivity contribution in [3.8, 4) is 0 Å². The molecule has 7 nitrogen and oxygen atoms in total. The Hall–Kier alpha value is -1.93.